The number of alkyl halides is 1. The molecule has 0 radical (unpaired) electrons. The molecule has 0 aromatic carbocycles. The molecule has 1 aromatic rings. The average Bonchev–Trinajstić information content (AvgIpc) is 2.19. The van der Waals surface area contributed by atoms with E-state index in [0.717, 1.165) is 17.5 Å². The lowest BCUT2D eigenvalue weighted by Gasteiger charge is -2.08. The van der Waals surface area contributed by atoms with Gasteiger partial charge in [-0.15, -0.1) is 0 Å². The zero-order chi connectivity index (χ0) is 10.4. The van der Waals surface area contributed by atoms with E-state index in [0.29, 0.717) is 12.5 Å². The molecule has 3 heteroatoms. The van der Waals surface area contributed by atoms with E-state index < -0.39 is 0 Å². The van der Waals surface area contributed by atoms with Gasteiger partial charge in [-0.3, -0.25) is 4.98 Å². The predicted molar refractivity (Wildman–Crippen MR) is 62.1 cm³/mol. The maximum atomic E-state index is 5.39. The SMILES string of the molecule is CCOc1cncc(CC(C)CBr)c1. The van der Waals surface area contributed by atoms with Crippen LogP contribution in [0.3, 0.4) is 0 Å². The van der Waals surface area contributed by atoms with Crippen molar-refractivity contribution in [2.75, 3.05) is 11.9 Å². The summed E-state index contributed by atoms with van der Waals surface area (Å²) in [6.45, 7) is 4.88. The molecule has 0 N–H and O–H groups in total. The Balaban J connectivity index is 2.63. The van der Waals surface area contributed by atoms with Crippen LogP contribution >= 0.6 is 15.9 Å². The van der Waals surface area contributed by atoms with Crippen molar-refractivity contribution in [1.82, 2.24) is 4.98 Å². The lowest BCUT2D eigenvalue weighted by Crippen LogP contribution is -2.01. The summed E-state index contributed by atoms with van der Waals surface area (Å²) in [6.07, 6.45) is 4.70. The minimum absolute atomic E-state index is 0.633. The molecule has 1 aromatic heterocycles. The molecule has 1 atom stereocenters. The molecule has 14 heavy (non-hydrogen) atoms. The summed E-state index contributed by atoms with van der Waals surface area (Å²) in [5.41, 5.74) is 1.24. The van der Waals surface area contributed by atoms with Crippen LogP contribution in [0, 0.1) is 5.92 Å². The number of hydrogen-bond acceptors (Lipinski definition) is 2. The molecule has 0 aliphatic rings. The van der Waals surface area contributed by atoms with Crippen LogP contribution in [0.4, 0.5) is 0 Å². The number of nitrogens with zero attached hydrogens (tertiary/aromatic N) is 1. The summed E-state index contributed by atoms with van der Waals surface area (Å²) >= 11 is 3.47. The van der Waals surface area contributed by atoms with Gasteiger partial charge in [0.15, 0.2) is 0 Å². The molecule has 2 nitrogen and oxygen atoms in total. The fourth-order valence-corrected chi connectivity index (χ4v) is 1.51. The minimum atomic E-state index is 0.633. The quantitative estimate of drug-likeness (QED) is 0.757. The Kier molecular flexibility index (Phi) is 4.94. The molecule has 1 unspecified atom stereocenters. The molecule has 1 heterocycles. The summed E-state index contributed by atoms with van der Waals surface area (Å²) in [5.74, 6) is 1.50. The number of ether oxygens (including phenoxy) is 1. The average molecular weight is 258 g/mol. The molecule has 0 spiro atoms. The van der Waals surface area contributed by atoms with Crippen molar-refractivity contribution in [2.45, 2.75) is 20.3 Å². The standard InChI is InChI=1S/C11H16BrNO/c1-3-14-11-5-10(7-13-8-11)4-9(2)6-12/h5,7-9H,3-4,6H2,1-2H3. The molecule has 0 saturated carbocycles. The Hall–Kier alpha value is -0.570. The normalized spacial score (nSPS) is 12.5. The van der Waals surface area contributed by atoms with Gasteiger partial charge in [0.05, 0.1) is 12.8 Å². The van der Waals surface area contributed by atoms with Gasteiger partial charge < -0.3 is 4.74 Å². The first-order valence-electron chi connectivity index (χ1n) is 4.89. The van der Waals surface area contributed by atoms with Gasteiger partial charge in [0, 0.05) is 11.5 Å². The number of aromatic nitrogens is 1. The first-order chi connectivity index (χ1) is 6.76. The van der Waals surface area contributed by atoms with Crippen LogP contribution in [0.1, 0.15) is 19.4 Å². The van der Waals surface area contributed by atoms with Crippen LogP contribution < -0.4 is 4.74 Å². The Morgan fingerprint density at radius 3 is 2.93 bits per heavy atom. The highest BCUT2D eigenvalue weighted by molar-refractivity contribution is 9.09. The lowest BCUT2D eigenvalue weighted by atomic mass is 10.1. The zero-order valence-electron chi connectivity index (χ0n) is 8.66. The summed E-state index contributed by atoms with van der Waals surface area (Å²) < 4.78 is 5.39. The van der Waals surface area contributed by atoms with E-state index >= 15 is 0 Å². The van der Waals surface area contributed by atoms with E-state index in [1.165, 1.54) is 5.56 Å². The van der Waals surface area contributed by atoms with Gasteiger partial charge in [0.25, 0.3) is 0 Å². The fraction of sp³-hybridized carbons (Fsp3) is 0.545. The van der Waals surface area contributed by atoms with Crippen LogP contribution in [0.25, 0.3) is 0 Å². The van der Waals surface area contributed by atoms with Gasteiger partial charge in [0.2, 0.25) is 0 Å². The first kappa shape index (κ1) is 11.5. The highest BCUT2D eigenvalue weighted by atomic mass is 79.9. The molecule has 0 aliphatic carbocycles. The summed E-state index contributed by atoms with van der Waals surface area (Å²) in [4.78, 5) is 4.15. The van der Waals surface area contributed by atoms with E-state index in [-0.39, 0.29) is 0 Å². The van der Waals surface area contributed by atoms with E-state index in [9.17, 15) is 0 Å². The van der Waals surface area contributed by atoms with Crippen molar-refractivity contribution in [2.24, 2.45) is 5.92 Å². The first-order valence-corrected chi connectivity index (χ1v) is 6.01. The molecule has 78 valence electrons. The molecule has 0 saturated heterocycles. The Bertz CT molecular complexity index is 278. The predicted octanol–water partition coefficient (Wildman–Crippen LogP) is 3.05. The monoisotopic (exact) mass is 257 g/mol. The second kappa shape index (κ2) is 6.02. The van der Waals surface area contributed by atoms with Gasteiger partial charge in [-0.05, 0) is 30.9 Å². The maximum absolute atomic E-state index is 5.39. The fourth-order valence-electron chi connectivity index (χ4n) is 1.28. The van der Waals surface area contributed by atoms with E-state index in [2.05, 4.69) is 33.9 Å². The van der Waals surface area contributed by atoms with Crippen LogP contribution in [-0.4, -0.2) is 16.9 Å². The van der Waals surface area contributed by atoms with Crippen LogP contribution in [0.15, 0.2) is 18.5 Å². The van der Waals surface area contributed by atoms with Crippen molar-refractivity contribution in [3.05, 3.63) is 24.0 Å². The third kappa shape index (κ3) is 3.66. The minimum Gasteiger partial charge on any atom is -0.492 e. The second-order valence-corrected chi connectivity index (χ2v) is 4.07. The number of halogens is 1. The number of rotatable bonds is 5. The topological polar surface area (TPSA) is 22.1 Å². The third-order valence-electron chi connectivity index (χ3n) is 1.93. The van der Waals surface area contributed by atoms with E-state index in [1.54, 1.807) is 6.20 Å². The summed E-state index contributed by atoms with van der Waals surface area (Å²) in [7, 11) is 0. The van der Waals surface area contributed by atoms with Crippen molar-refractivity contribution >= 4 is 15.9 Å². The van der Waals surface area contributed by atoms with Crippen molar-refractivity contribution < 1.29 is 4.74 Å². The number of hydrogen-bond donors (Lipinski definition) is 0. The summed E-state index contributed by atoms with van der Waals surface area (Å²) in [5, 5.41) is 1.02. The van der Waals surface area contributed by atoms with Crippen molar-refractivity contribution in [3.8, 4) is 5.75 Å². The molecule has 0 amide bonds. The van der Waals surface area contributed by atoms with Crippen molar-refractivity contribution in [1.29, 1.82) is 0 Å². The number of pyridine rings is 1. The molecule has 1 rings (SSSR count). The molecule has 0 bridgehead atoms. The summed E-state index contributed by atoms with van der Waals surface area (Å²) in [6, 6.07) is 2.07. The Morgan fingerprint density at radius 2 is 2.29 bits per heavy atom. The smallest absolute Gasteiger partial charge is 0.137 e. The largest absolute Gasteiger partial charge is 0.492 e. The van der Waals surface area contributed by atoms with Crippen molar-refractivity contribution in [3.63, 3.8) is 0 Å². The molecular weight excluding hydrogens is 242 g/mol. The van der Waals surface area contributed by atoms with E-state index in [4.69, 9.17) is 4.74 Å². The van der Waals surface area contributed by atoms with Crippen LogP contribution in [-0.2, 0) is 6.42 Å². The molecule has 0 aliphatic heterocycles. The highest BCUT2D eigenvalue weighted by Crippen LogP contribution is 2.15. The molecule has 0 fully saturated rings. The molecular formula is C11H16BrNO. The third-order valence-corrected chi connectivity index (χ3v) is 3.03. The zero-order valence-corrected chi connectivity index (χ0v) is 10.3. The van der Waals surface area contributed by atoms with Gasteiger partial charge in [-0.2, -0.15) is 0 Å². The van der Waals surface area contributed by atoms with Gasteiger partial charge in [-0.25, -0.2) is 0 Å². The second-order valence-electron chi connectivity index (χ2n) is 3.43. The van der Waals surface area contributed by atoms with Crippen LogP contribution in [0.5, 0.6) is 5.75 Å². The van der Waals surface area contributed by atoms with Crippen LogP contribution in [0.2, 0.25) is 0 Å². The Labute approximate surface area is 93.8 Å². The lowest BCUT2D eigenvalue weighted by molar-refractivity contribution is 0.338. The van der Waals surface area contributed by atoms with E-state index in [1.807, 2.05) is 13.1 Å². The van der Waals surface area contributed by atoms with Gasteiger partial charge in [0.1, 0.15) is 5.75 Å². The maximum Gasteiger partial charge on any atom is 0.137 e. The van der Waals surface area contributed by atoms with Gasteiger partial charge in [-0.1, -0.05) is 22.9 Å². The van der Waals surface area contributed by atoms with Gasteiger partial charge >= 0.3 is 0 Å². The Morgan fingerprint density at radius 1 is 1.50 bits per heavy atom. The highest BCUT2D eigenvalue weighted by Gasteiger charge is 2.03.